The minimum atomic E-state index is -0.664. The van der Waals surface area contributed by atoms with E-state index in [2.05, 4.69) is 9.97 Å². The molecule has 0 radical (unpaired) electrons. The van der Waals surface area contributed by atoms with E-state index in [1.807, 2.05) is 50.2 Å². The van der Waals surface area contributed by atoms with Gasteiger partial charge in [-0.3, -0.25) is 14.2 Å². The topological polar surface area (TPSA) is 68.1 Å². The molecule has 1 unspecified atom stereocenters. The van der Waals surface area contributed by atoms with E-state index in [-0.39, 0.29) is 11.5 Å². The summed E-state index contributed by atoms with van der Waals surface area (Å²) in [5.74, 6) is -0.143. The van der Waals surface area contributed by atoms with Gasteiger partial charge in [-0.2, -0.15) is 0 Å². The largest absolute Gasteiger partial charge is 0.311 e. The van der Waals surface area contributed by atoms with Crippen LogP contribution in [0.2, 0.25) is 0 Å². The molecule has 4 aromatic rings. The second-order valence-corrected chi connectivity index (χ2v) is 7.69. The van der Waals surface area contributed by atoms with Gasteiger partial charge in [-0.1, -0.05) is 12.1 Å². The number of nitrogens with zero attached hydrogens (tertiary/aromatic N) is 4. The number of carbonyl (C=O) groups is 1. The highest BCUT2D eigenvalue weighted by atomic mass is 32.1. The lowest BCUT2D eigenvalue weighted by molar-refractivity contribution is -0.121. The first kappa shape index (κ1) is 18.3. The molecule has 6 nitrogen and oxygen atoms in total. The third-order valence-electron chi connectivity index (χ3n) is 4.85. The number of pyridine rings is 1. The van der Waals surface area contributed by atoms with Gasteiger partial charge in [0, 0.05) is 23.8 Å². The Morgan fingerprint density at radius 3 is 2.82 bits per heavy atom. The molecule has 0 bridgehead atoms. The molecule has 28 heavy (non-hydrogen) atoms. The molecule has 0 aliphatic heterocycles. The van der Waals surface area contributed by atoms with Crippen LogP contribution in [0.5, 0.6) is 0 Å². The predicted octanol–water partition coefficient (Wildman–Crippen LogP) is 3.93. The third kappa shape index (κ3) is 2.97. The first-order chi connectivity index (χ1) is 13.5. The lowest BCUT2D eigenvalue weighted by Gasteiger charge is -2.25. The number of amides is 1. The van der Waals surface area contributed by atoms with E-state index in [1.54, 1.807) is 18.0 Å². The average molecular weight is 392 g/mol. The van der Waals surface area contributed by atoms with E-state index in [0.717, 1.165) is 21.5 Å². The van der Waals surface area contributed by atoms with Crippen LogP contribution in [-0.2, 0) is 4.79 Å². The molecule has 0 spiro atoms. The van der Waals surface area contributed by atoms with E-state index in [1.165, 1.54) is 22.2 Å². The zero-order valence-electron chi connectivity index (χ0n) is 15.9. The molecular weight excluding hydrogens is 372 g/mol. The van der Waals surface area contributed by atoms with Gasteiger partial charge in [-0.25, -0.2) is 9.97 Å². The Labute approximate surface area is 166 Å². The SMILES string of the molecule is CCN(C(=O)C(C)n1cnc2c(sc3ncccc32)c1=O)c1cccc(C)c1. The van der Waals surface area contributed by atoms with Crippen LogP contribution in [0.15, 0.2) is 53.7 Å². The lowest BCUT2D eigenvalue weighted by atomic mass is 10.2. The van der Waals surface area contributed by atoms with Crippen molar-refractivity contribution in [1.82, 2.24) is 14.5 Å². The van der Waals surface area contributed by atoms with Crippen molar-refractivity contribution in [1.29, 1.82) is 0 Å². The van der Waals surface area contributed by atoms with Gasteiger partial charge in [0.1, 0.15) is 15.6 Å². The van der Waals surface area contributed by atoms with Gasteiger partial charge >= 0.3 is 0 Å². The quantitative estimate of drug-likeness (QED) is 0.528. The number of thiophene rings is 1. The van der Waals surface area contributed by atoms with Crippen molar-refractivity contribution in [2.75, 3.05) is 11.4 Å². The highest BCUT2D eigenvalue weighted by Gasteiger charge is 2.24. The predicted molar refractivity (Wildman–Crippen MR) is 113 cm³/mol. The summed E-state index contributed by atoms with van der Waals surface area (Å²) in [5.41, 5.74) is 2.33. The molecule has 3 aromatic heterocycles. The standard InChI is InChI=1S/C21H20N4O2S/c1-4-24(15-8-5-7-13(2)11-15)20(26)14(3)25-12-23-17-16-9-6-10-22-19(16)28-18(17)21(25)27/h5-12,14H,4H2,1-3H3. The van der Waals surface area contributed by atoms with Gasteiger partial charge in [0.05, 0.1) is 11.8 Å². The molecule has 142 valence electrons. The number of likely N-dealkylation sites (N-methyl/N-ethyl adjacent to an activating group) is 1. The number of aryl methyl sites for hydroxylation is 1. The van der Waals surface area contributed by atoms with Crippen molar-refractivity contribution in [3.05, 3.63) is 64.8 Å². The molecular formula is C21H20N4O2S. The van der Waals surface area contributed by atoms with E-state index < -0.39 is 6.04 Å². The van der Waals surface area contributed by atoms with Crippen molar-refractivity contribution < 1.29 is 4.79 Å². The van der Waals surface area contributed by atoms with Gasteiger partial charge in [0.25, 0.3) is 5.56 Å². The lowest BCUT2D eigenvalue weighted by Crippen LogP contribution is -2.39. The maximum Gasteiger partial charge on any atom is 0.272 e. The number of hydrogen-bond donors (Lipinski definition) is 0. The van der Waals surface area contributed by atoms with Crippen LogP contribution in [0.4, 0.5) is 5.69 Å². The second-order valence-electron chi connectivity index (χ2n) is 6.69. The molecule has 1 amide bonds. The summed E-state index contributed by atoms with van der Waals surface area (Å²) in [6, 6.07) is 10.9. The van der Waals surface area contributed by atoms with Crippen LogP contribution in [-0.4, -0.2) is 27.0 Å². The molecule has 0 saturated heterocycles. The number of fused-ring (bicyclic) bond motifs is 3. The van der Waals surface area contributed by atoms with Gasteiger partial charge in [0.2, 0.25) is 5.91 Å². The maximum absolute atomic E-state index is 13.2. The zero-order chi connectivity index (χ0) is 19.8. The van der Waals surface area contributed by atoms with E-state index in [4.69, 9.17) is 0 Å². The monoisotopic (exact) mass is 392 g/mol. The smallest absolute Gasteiger partial charge is 0.272 e. The maximum atomic E-state index is 13.2. The van der Waals surface area contributed by atoms with Crippen molar-refractivity contribution in [3.8, 4) is 0 Å². The number of rotatable bonds is 4. The minimum absolute atomic E-state index is 0.143. The van der Waals surface area contributed by atoms with Gasteiger partial charge in [0.15, 0.2) is 0 Å². The molecule has 1 aromatic carbocycles. The number of carbonyl (C=O) groups excluding carboxylic acids is 1. The van der Waals surface area contributed by atoms with Crippen molar-refractivity contribution in [2.45, 2.75) is 26.8 Å². The third-order valence-corrected chi connectivity index (χ3v) is 5.94. The second kappa shape index (κ2) is 7.16. The summed E-state index contributed by atoms with van der Waals surface area (Å²) in [4.78, 5) is 37.5. The fourth-order valence-electron chi connectivity index (χ4n) is 3.36. The Balaban J connectivity index is 1.76. The van der Waals surface area contributed by atoms with E-state index >= 15 is 0 Å². The van der Waals surface area contributed by atoms with Crippen molar-refractivity contribution in [2.24, 2.45) is 0 Å². The zero-order valence-corrected chi connectivity index (χ0v) is 16.7. The summed E-state index contributed by atoms with van der Waals surface area (Å²) in [7, 11) is 0. The van der Waals surface area contributed by atoms with Gasteiger partial charge < -0.3 is 4.90 Å². The summed E-state index contributed by atoms with van der Waals surface area (Å²) < 4.78 is 1.94. The Kier molecular flexibility index (Phi) is 4.68. The first-order valence-corrected chi connectivity index (χ1v) is 9.95. The van der Waals surface area contributed by atoms with Crippen LogP contribution in [0.25, 0.3) is 20.4 Å². The van der Waals surface area contributed by atoms with E-state index in [9.17, 15) is 9.59 Å². The highest BCUT2D eigenvalue weighted by molar-refractivity contribution is 7.25. The fourth-order valence-corrected chi connectivity index (χ4v) is 4.40. The van der Waals surface area contributed by atoms with Crippen LogP contribution in [0.3, 0.4) is 0 Å². The molecule has 7 heteroatoms. The van der Waals surface area contributed by atoms with Crippen molar-refractivity contribution >= 4 is 43.4 Å². The summed E-state index contributed by atoms with van der Waals surface area (Å²) in [6.45, 7) is 6.17. The number of benzene rings is 1. The van der Waals surface area contributed by atoms with Crippen LogP contribution in [0.1, 0.15) is 25.5 Å². The van der Waals surface area contributed by atoms with Crippen LogP contribution >= 0.6 is 11.3 Å². The number of hydrogen-bond acceptors (Lipinski definition) is 5. The molecule has 4 rings (SSSR count). The molecule has 1 atom stereocenters. The van der Waals surface area contributed by atoms with Crippen molar-refractivity contribution in [3.63, 3.8) is 0 Å². The first-order valence-electron chi connectivity index (χ1n) is 9.13. The molecule has 0 aliphatic carbocycles. The molecule has 0 fully saturated rings. The Morgan fingerprint density at radius 1 is 1.25 bits per heavy atom. The molecule has 3 heterocycles. The number of anilines is 1. The summed E-state index contributed by atoms with van der Waals surface area (Å²) in [6.07, 6.45) is 3.17. The minimum Gasteiger partial charge on any atom is -0.311 e. The molecule has 0 N–H and O–H groups in total. The fraction of sp³-hybridized carbons (Fsp3) is 0.238. The van der Waals surface area contributed by atoms with Crippen LogP contribution < -0.4 is 10.5 Å². The normalized spacial score (nSPS) is 12.4. The van der Waals surface area contributed by atoms with Gasteiger partial charge in [-0.05, 0) is 50.6 Å². The van der Waals surface area contributed by atoms with E-state index in [0.29, 0.717) is 16.8 Å². The Bertz CT molecular complexity index is 1240. The van der Waals surface area contributed by atoms with Gasteiger partial charge in [-0.15, -0.1) is 11.3 Å². The average Bonchev–Trinajstić information content (AvgIpc) is 3.08. The molecule has 0 saturated carbocycles. The summed E-state index contributed by atoms with van der Waals surface area (Å²) in [5, 5.41) is 0.862. The Hall–Kier alpha value is -3.06. The number of aromatic nitrogens is 3. The van der Waals surface area contributed by atoms with Crippen LogP contribution in [0, 0.1) is 6.92 Å². The molecule has 0 aliphatic rings. The highest BCUT2D eigenvalue weighted by Crippen LogP contribution is 2.28. The summed E-state index contributed by atoms with van der Waals surface area (Å²) >= 11 is 1.31. The Morgan fingerprint density at radius 2 is 2.07 bits per heavy atom.